The molecule has 0 aliphatic carbocycles. The van der Waals surface area contributed by atoms with E-state index in [-0.39, 0.29) is 4.90 Å². The minimum Gasteiger partial charge on any atom is -0.261 e. The minimum absolute atomic E-state index is 0.300. The van der Waals surface area contributed by atoms with E-state index in [9.17, 15) is 12.3 Å². The predicted octanol–water partition coefficient (Wildman–Crippen LogP) is 2.20. The quantitative estimate of drug-likeness (QED) is 0.699. The summed E-state index contributed by atoms with van der Waals surface area (Å²) in [5.41, 5.74) is 0.679. The molecule has 0 spiro atoms. The van der Waals surface area contributed by atoms with Gasteiger partial charge >= 0.3 is 10.2 Å². The lowest BCUT2D eigenvalue weighted by atomic mass is 10.1. The predicted molar refractivity (Wildman–Crippen MR) is 54.8 cm³/mol. The van der Waals surface area contributed by atoms with Gasteiger partial charge in [0.05, 0.1) is 0 Å². The lowest BCUT2D eigenvalue weighted by Gasteiger charge is -2.03. The fourth-order valence-electron chi connectivity index (χ4n) is 1.54. The number of hydrogen-bond acceptors (Lipinski definition) is 3. The Morgan fingerprint density at radius 2 is 1.93 bits per heavy atom. The third kappa shape index (κ3) is 1.70. The van der Waals surface area contributed by atoms with Crippen LogP contribution in [0.1, 0.15) is 5.69 Å². The van der Waals surface area contributed by atoms with Gasteiger partial charge < -0.3 is 0 Å². The van der Waals surface area contributed by atoms with Crippen LogP contribution < -0.4 is 0 Å². The molecule has 0 saturated carbocycles. The zero-order chi connectivity index (χ0) is 11.1. The maximum atomic E-state index is 12.9. The van der Waals surface area contributed by atoms with Crippen molar-refractivity contribution in [1.82, 2.24) is 4.98 Å². The monoisotopic (exact) mass is 225 g/mol. The molecule has 2 rings (SSSR count). The molecular formula is C10H8FNO2S. The van der Waals surface area contributed by atoms with Gasteiger partial charge in [0, 0.05) is 22.7 Å². The van der Waals surface area contributed by atoms with E-state index >= 15 is 0 Å². The van der Waals surface area contributed by atoms with E-state index in [2.05, 4.69) is 4.98 Å². The second-order valence-electron chi connectivity index (χ2n) is 3.19. The summed E-state index contributed by atoms with van der Waals surface area (Å²) < 4.78 is 34.7. The SMILES string of the molecule is Cc1nccc2c(S(=O)(=O)F)cccc12. The summed E-state index contributed by atoms with van der Waals surface area (Å²) in [5.74, 6) is 0. The maximum Gasteiger partial charge on any atom is 0.332 e. The van der Waals surface area contributed by atoms with Crippen LogP contribution in [0, 0.1) is 6.92 Å². The van der Waals surface area contributed by atoms with E-state index in [0.717, 1.165) is 0 Å². The molecular weight excluding hydrogens is 217 g/mol. The molecule has 5 heteroatoms. The molecule has 3 nitrogen and oxygen atoms in total. The first-order valence-electron chi connectivity index (χ1n) is 4.29. The van der Waals surface area contributed by atoms with Crippen molar-refractivity contribution in [1.29, 1.82) is 0 Å². The highest BCUT2D eigenvalue weighted by Gasteiger charge is 2.15. The molecule has 0 N–H and O–H groups in total. The van der Waals surface area contributed by atoms with Crippen LogP contribution in [0.15, 0.2) is 35.4 Å². The molecule has 0 fully saturated rings. The second kappa shape index (κ2) is 3.27. The van der Waals surface area contributed by atoms with Crippen molar-refractivity contribution in [3.63, 3.8) is 0 Å². The van der Waals surface area contributed by atoms with Crippen LogP contribution in [0.3, 0.4) is 0 Å². The highest BCUT2D eigenvalue weighted by molar-refractivity contribution is 7.86. The molecule has 78 valence electrons. The lowest BCUT2D eigenvalue weighted by molar-refractivity contribution is 0.553. The first-order chi connectivity index (χ1) is 7.00. The van der Waals surface area contributed by atoms with Gasteiger partial charge in [0.15, 0.2) is 0 Å². The van der Waals surface area contributed by atoms with Crippen molar-refractivity contribution in [2.45, 2.75) is 11.8 Å². The smallest absolute Gasteiger partial charge is 0.261 e. The lowest BCUT2D eigenvalue weighted by Crippen LogP contribution is -1.94. The zero-order valence-corrected chi connectivity index (χ0v) is 8.75. The van der Waals surface area contributed by atoms with Gasteiger partial charge in [-0.25, -0.2) is 0 Å². The van der Waals surface area contributed by atoms with Gasteiger partial charge in [-0.3, -0.25) is 4.98 Å². The molecule has 0 radical (unpaired) electrons. The average molecular weight is 225 g/mol. The van der Waals surface area contributed by atoms with E-state index in [1.807, 2.05) is 0 Å². The van der Waals surface area contributed by atoms with Gasteiger partial charge in [-0.15, -0.1) is 3.89 Å². The number of fused-ring (bicyclic) bond motifs is 1. The third-order valence-electron chi connectivity index (χ3n) is 2.23. The molecule has 2 aromatic rings. The number of hydrogen-bond donors (Lipinski definition) is 0. The second-order valence-corrected chi connectivity index (χ2v) is 4.50. The first kappa shape index (κ1) is 10.0. The van der Waals surface area contributed by atoms with E-state index in [1.54, 1.807) is 13.0 Å². The van der Waals surface area contributed by atoms with Crippen LogP contribution in [0.5, 0.6) is 0 Å². The van der Waals surface area contributed by atoms with E-state index < -0.39 is 10.2 Å². The van der Waals surface area contributed by atoms with Crippen molar-refractivity contribution >= 4 is 21.0 Å². The van der Waals surface area contributed by atoms with Crippen molar-refractivity contribution in [2.24, 2.45) is 0 Å². The molecule has 15 heavy (non-hydrogen) atoms. The van der Waals surface area contributed by atoms with E-state index in [0.29, 0.717) is 16.5 Å². The summed E-state index contributed by atoms with van der Waals surface area (Å²) in [6.45, 7) is 1.75. The van der Waals surface area contributed by atoms with Crippen LogP contribution in [0.2, 0.25) is 0 Å². The number of benzene rings is 1. The highest BCUT2D eigenvalue weighted by Crippen LogP contribution is 2.25. The van der Waals surface area contributed by atoms with Crippen molar-refractivity contribution in [2.75, 3.05) is 0 Å². The number of halogens is 1. The number of aryl methyl sites for hydroxylation is 1. The van der Waals surface area contributed by atoms with Gasteiger partial charge in [-0.05, 0) is 19.1 Å². The molecule has 0 aliphatic heterocycles. The van der Waals surface area contributed by atoms with Crippen LogP contribution in [-0.2, 0) is 10.2 Å². The Bertz CT molecular complexity index is 622. The van der Waals surface area contributed by atoms with Crippen molar-refractivity contribution < 1.29 is 12.3 Å². The fourth-order valence-corrected chi connectivity index (χ4v) is 2.22. The van der Waals surface area contributed by atoms with Crippen molar-refractivity contribution in [3.8, 4) is 0 Å². The van der Waals surface area contributed by atoms with E-state index in [4.69, 9.17) is 0 Å². The number of nitrogens with zero attached hydrogens (tertiary/aromatic N) is 1. The summed E-state index contributed by atoms with van der Waals surface area (Å²) in [6, 6.07) is 5.96. The Morgan fingerprint density at radius 3 is 2.60 bits per heavy atom. The van der Waals surface area contributed by atoms with Gasteiger partial charge in [0.1, 0.15) is 4.90 Å². The summed E-state index contributed by atoms with van der Waals surface area (Å²) in [7, 11) is -4.67. The van der Waals surface area contributed by atoms with E-state index in [1.165, 1.54) is 24.4 Å². The van der Waals surface area contributed by atoms with Crippen LogP contribution in [0.25, 0.3) is 10.8 Å². The third-order valence-corrected chi connectivity index (χ3v) is 3.11. The molecule has 0 atom stereocenters. The summed E-state index contributed by atoms with van der Waals surface area (Å²) in [6.07, 6.45) is 1.46. The molecule has 1 heterocycles. The summed E-state index contributed by atoms with van der Waals surface area (Å²) in [4.78, 5) is 3.71. The Morgan fingerprint density at radius 1 is 1.20 bits per heavy atom. The molecule has 1 aromatic carbocycles. The molecule has 1 aromatic heterocycles. The van der Waals surface area contributed by atoms with Crippen molar-refractivity contribution in [3.05, 3.63) is 36.2 Å². The number of rotatable bonds is 1. The topological polar surface area (TPSA) is 47.0 Å². The normalized spacial score (nSPS) is 11.9. The Balaban J connectivity index is 2.96. The maximum absolute atomic E-state index is 12.9. The van der Waals surface area contributed by atoms with Crippen LogP contribution >= 0.6 is 0 Å². The molecule has 0 saturated heterocycles. The van der Waals surface area contributed by atoms with Gasteiger partial charge in [-0.2, -0.15) is 8.42 Å². The largest absolute Gasteiger partial charge is 0.332 e. The highest BCUT2D eigenvalue weighted by atomic mass is 32.3. The zero-order valence-electron chi connectivity index (χ0n) is 7.94. The average Bonchev–Trinajstić information content (AvgIpc) is 2.16. The fraction of sp³-hybridized carbons (Fsp3) is 0.100. The Labute approximate surface area is 86.8 Å². The minimum atomic E-state index is -4.67. The van der Waals surface area contributed by atoms with Crippen LogP contribution in [-0.4, -0.2) is 13.4 Å². The van der Waals surface area contributed by atoms with Crippen LogP contribution in [0.4, 0.5) is 3.89 Å². The van der Waals surface area contributed by atoms with Gasteiger partial charge in [0.2, 0.25) is 0 Å². The first-order valence-corrected chi connectivity index (χ1v) is 5.67. The molecule has 0 amide bonds. The number of aromatic nitrogens is 1. The number of pyridine rings is 1. The summed E-state index contributed by atoms with van der Waals surface area (Å²) >= 11 is 0. The molecule has 0 bridgehead atoms. The molecule has 0 unspecified atom stereocenters. The van der Waals surface area contributed by atoms with Gasteiger partial charge in [-0.1, -0.05) is 12.1 Å². The van der Waals surface area contributed by atoms with Gasteiger partial charge in [0.25, 0.3) is 0 Å². The summed E-state index contributed by atoms with van der Waals surface area (Å²) in [5, 5.41) is 1.02. The Hall–Kier alpha value is -1.49. The molecule has 0 aliphatic rings. The standard InChI is InChI=1S/C10H8FNO2S/c1-7-8-3-2-4-10(15(11,13)14)9(8)5-6-12-7/h2-6H,1H3. The Kier molecular flexibility index (Phi) is 2.19.